The lowest BCUT2D eigenvalue weighted by atomic mass is 10.2. The van der Waals surface area contributed by atoms with Crippen molar-refractivity contribution >= 4 is 44.6 Å². The third kappa shape index (κ3) is 4.95. The highest BCUT2D eigenvalue weighted by molar-refractivity contribution is 7.92. The molecule has 2 aromatic rings. The number of benzene rings is 2. The lowest BCUT2D eigenvalue weighted by Crippen LogP contribution is -2.45. The molecule has 0 aliphatic carbocycles. The zero-order valence-corrected chi connectivity index (χ0v) is 16.4. The van der Waals surface area contributed by atoms with Gasteiger partial charge in [0.05, 0.1) is 16.9 Å². The molecule has 1 N–H and O–H groups in total. The van der Waals surface area contributed by atoms with E-state index >= 15 is 0 Å². The van der Waals surface area contributed by atoms with Crippen LogP contribution < -0.4 is 9.62 Å². The maximum Gasteiger partial charge on any atom is 0.271 e. The van der Waals surface area contributed by atoms with Gasteiger partial charge in [0, 0.05) is 22.8 Å². The highest BCUT2D eigenvalue weighted by Gasteiger charge is 2.30. The summed E-state index contributed by atoms with van der Waals surface area (Å²) in [7, 11) is -3.89. The normalized spacial score (nSPS) is 12.3. The molecule has 0 radical (unpaired) electrons. The van der Waals surface area contributed by atoms with Gasteiger partial charge in [-0.15, -0.1) is 0 Å². The first kappa shape index (κ1) is 20.7. The van der Waals surface area contributed by atoms with Crippen molar-refractivity contribution in [3.8, 4) is 0 Å². The molecule has 0 aromatic heterocycles. The molecular weight excluding hydrogens is 394 g/mol. The summed E-state index contributed by atoms with van der Waals surface area (Å²) in [5, 5.41) is 14.0. The van der Waals surface area contributed by atoms with Gasteiger partial charge in [0.2, 0.25) is 15.9 Å². The molecule has 1 amide bonds. The predicted octanol–water partition coefficient (Wildman–Crippen LogP) is 3.35. The molecule has 0 unspecified atom stereocenters. The second-order valence-electron chi connectivity index (χ2n) is 5.96. The van der Waals surface area contributed by atoms with Gasteiger partial charge in [-0.3, -0.25) is 19.2 Å². The molecule has 2 aromatic carbocycles. The molecule has 0 aliphatic rings. The Balaban J connectivity index is 2.36. The Morgan fingerprint density at radius 3 is 2.48 bits per heavy atom. The van der Waals surface area contributed by atoms with E-state index < -0.39 is 26.9 Å². The Labute approximate surface area is 162 Å². The van der Waals surface area contributed by atoms with E-state index in [1.807, 2.05) is 6.92 Å². The number of nitrogens with one attached hydrogen (secondary N) is 1. The lowest BCUT2D eigenvalue weighted by Gasteiger charge is -2.28. The van der Waals surface area contributed by atoms with Crippen molar-refractivity contribution in [3.63, 3.8) is 0 Å². The average Bonchev–Trinajstić information content (AvgIpc) is 2.57. The number of hydrogen-bond donors (Lipinski definition) is 1. The zero-order valence-electron chi connectivity index (χ0n) is 14.8. The van der Waals surface area contributed by atoms with Crippen LogP contribution in [0, 0.1) is 17.0 Å². The number of rotatable bonds is 6. The summed E-state index contributed by atoms with van der Waals surface area (Å²) in [6.45, 7) is 3.20. The first-order chi connectivity index (χ1) is 12.5. The van der Waals surface area contributed by atoms with Gasteiger partial charge < -0.3 is 5.32 Å². The van der Waals surface area contributed by atoms with Crippen molar-refractivity contribution in [2.24, 2.45) is 0 Å². The third-order valence-corrected chi connectivity index (χ3v) is 5.47. The second kappa shape index (κ2) is 7.93. The van der Waals surface area contributed by atoms with Gasteiger partial charge in [-0.1, -0.05) is 23.7 Å². The molecule has 0 saturated carbocycles. The highest BCUT2D eigenvalue weighted by atomic mass is 35.5. The molecule has 8 nitrogen and oxygen atoms in total. The summed E-state index contributed by atoms with van der Waals surface area (Å²) in [6.07, 6.45) is 0.929. The van der Waals surface area contributed by atoms with Crippen molar-refractivity contribution in [3.05, 3.63) is 63.2 Å². The fourth-order valence-electron chi connectivity index (χ4n) is 2.47. The minimum absolute atomic E-state index is 0.0243. The minimum atomic E-state index is -3.89. The molecule has 0 aliphatic heterocycles. The average molecular weight is 412 g/mol. The van der Waals surface area contributed by atoms with Gasteiger partial charge in [0.1, 0.15) is 6.04 Å². The molecule has 144 valence electrons. The molecule has 27 heavy (non-hydrogen) atoms. The van der Waals surface area contributed by atoms with Gasteiger partial charge in [-0.05, 0) is 37.6 Å². The molecule has 1 atom stereocenters. The Bertz CT molecular complexity index is 994. The van der Waals surface area contributed by atoms with E-state index in [0.717, 1.165) is 22.2 Å². The largest absolute Gasteiger partial charge is 0.324 e. The Kier molecular flexibility index (Phi) is 6.07. The van der Waals surface area contributed by atoms with Crippen molar-refractivity contribution in [1.82, 2.24) is 0 Å². The number of non-ortho nitro benzene ring substituents is 1. The fraction of sp³-hybridized carbons (Fsp3) is 0.235. The number of nitro benzene ring substituents is 1. The molecule has 2 rings (SSSR count). The Hall–Kier alpha value is -2.65. The van der Waals surface area contributed by atoms with Crippen LogP contribution in [-0.2, 0) is 14.8 Å². The van der Waals surface area contributed by atoms with Crippen LogP contribution in [0.4, 0.5) is 17.1 Å². The highest BCUT2D eigenvalue weighted by Crippen LogP contribution is 2.26. The smallest absolute Gasteiger partial charge is 0.271 e. The number of carbonyl (C=O) groups excluding carboxylic acids is 1. The quantitative estimate of drug-likeness (QED) is 0.579. The van der Waals surface area contributed by atoms with Crippen molar-refractivity contribution in [2.45, 2.75) is 19.9 Å². The number of nitrogens with zero attached hydrogens (tertiary/aromatic N) is 2. The van der Waals surface area contributed by atoms with Crippen LogP contribution in [0.25, 0.3) is 0 Å². The van der Waals surface area contributed by atoms with Crippen LogP contribution >= 0.6 is 11.6 Å². The van der Waals surface area contributed by atoms with Crippen LogP contribution in [0.2, 0.25) is 5.02 Å². The number of amides is 1. The van der Waals surface area contributed by atoms with Gasteiger partial charge in [0.15, 0.2) is 0 Å². The molecular formula is C17H18ClN3O5S. The van der Waals surface area contributed by atoms with Crippen LogP contribution in [0.15, 0.2) is 42.5 Å². The number of sulfonamides is 1. The van der Waals surface area contributed by atoms with E-state index in [2.05, 4.69) is 5.32 Å². The van der Waals surface area contributed by atoms with Crippen LogP contribution in [-0.4, -0.2) is 31.5 Å². The lowest BCUT2D eigenvalue weighted by molar-refractivity contribution is -0.384. The predicted molar refractivity (Wildman–Crippen MR) is 105 cm³/mol. The number of halogens is 1. The summed E-state index contributed by atoms with van der Waals surface area (Å²) in [5.41, 5.74) is 0.988. The summed E-state index contributed by atoms with van der Waals surface area (Å²) in [4.78, 5) is 22.9. The molecule has 0 spiro atoms. The number of anilines is 2. The van der Waals surface area contributed by atoms with Crippen LogP contribution in [0.5, 0.6) is 0 Å². The second-order valence-corrected chi connectivity index (χ2v) is 8.23. The van der Waals surface area contributed by atoms with E-state index in [0.29, 0.717) is 10.7 Å². The van der Waals surface area contributed by atoms with Gasteiger partial charge in [-0.2, -0.15) is 0 Å². The standard InChI is InChI=1S/C17H18ClN3O5S/c1-11-7-8-13(9-16(11)18)19-17(22)12(2)20(27(3,25)26)14-5-4-6-15(10-14)21(23)24/h4-10,12H,1-3H3,(H,19,22)/t12-/m0/s1. The monoisotopic (exact) mass is 411 g/mol. The van der Waals surface area contributed by atoms with Gasteiger partial charge in [-0.25, -0.2) is 8.42 Å². The molecule has 0 saturated heterocycles. The Morgan fingerprint density at radius 2 is 1.93 bits per heavy atom. The van der Waals surface area contributed by atoms with E-state index in [1.165, 1.54) is 25.1 Å². The first-order valence-corrected chi connectivity index (χ1v) is 10.0. The third-order valence-electron chi connectivity index (χ3n) is 3.82. The van der Waals surface area contributed by atoms with E-state index in [9.17, 15) is 23.3 Å². The fourth-order valence-corrected chi connectivity index (χ4v) is 3.82. The Morgan fingerprint density at radius 1 is 1.26 bits per heavy atom. The van der Waals surface area contributed by atoms with Crippen molar-refractivity contribution in [1.29, 1.82) is 0 Å². The number of nitro groups is 1. The molecule has 0 heterocycles. The van der Waals surface area contributed by atoms with E-state index in [-0.39, 0.29) is 11.4 Å². The molecule has 10 heteroatoms. The minimum Gasteiger partial charge on any atom is -0.324 e. The SMILES string of the molecule is Cc1ccc(NC(=O)[C@H](C)N(c2cccc([N+](=O)[O-])c2)S(C)(=O)=O)cc1Cl. The maximum atomic E-state index is 12.6. The molecule has 0 fully saturated rings. The first-order valence-electron chi connectivity index (χ1n) is 7.81. The summed E-state index contributed by atoms with van der Waals surface area (Å²) >= 11 is 6.03. The van der Waals surface area contributed by atoms with Crippen molar-refractivity contribution < 1.29 is 18.1 Å². The van der Waals surface area contributed by atoms with E-state index in [1.54, 1.807) is 18.2 Å². The summed E-state index contributed by atoms with van der Waals surface area (Å²) < 4.78 is 25.4. The zero-order chi connectivity index (χ0) is 20.4. The van der Waals surface area contributed by atoms with Crippen molar-refractivity contribution in [2.75, 3.05) is 15.9 Å². The van der Waals surface area contributed by atoms with E-state index in [4.69, 9.17) is 11.6 Å². The topological polar surface area (TPSA) is 110 Å². The summed E-state index contributed by atoms with van der Waals surface area (Å²) in [5.74, 6) is -0.605. The van der Waals surface area contributed by atoms with Gasteiger partial charge >= 0.3 is 0 Å². The number of carbonyl (C=O) groups is 1. The summed E-state index contributed by atoms with van der Waals surface area (Å²) in [6, 6.07) is 8.86. The number of hydrogen-bond acceptors (Lipinski definition) is 5. The maximum absolute atomic E-state index is 12.6. The number of aryl methyl sites for hydroxylation is 1. The molecule has 0 bridgehead atoms. The van der Waals surface area contributed by atoms with Crippen LogP contribution in [0.3, 0.4) is 0 Å². The van der Waals surface area contributed by atoms with Gasteiger partial charge in [0.25, 0.3) is 5.69 Å². The van der Waals surface area contributed by atoms with Crippen LogP contribution in [0.1, 0.15) is 12.5 Å².